The van der Waals surface area contributed by atoms with Crippen molar-refractivity contribution in [3.05, 3.63) is 83.9 Å². The smallest absolute Gasteiger partial charge is 0.267 e. The van der Waals surface area contributed by atoms with Crippen LogP contribution in [0.1, 0.15) is 26.3 Å². The van der Waals surface area contributed by atoms with Crippen LogP contribution >= 0.6 is 0 Å². The van der Waals surface area contributed by atoms with Gasteiger partial charge in [0.05, 0.1) is 17.0 Å². The second-order valence-corrected chi connectivity index (χ2v) is 7.78. The summed E-state index contributed by atoms with van der Waals surface area (Å²) in [6.07, 6.45) is 1.98. The number of carbonyl (C=O) groups excluding carboxylic acids is 1. The van der Waals surface area contributed by atoms with Gasteiger partial charge in [0.2, 0.25) is 0 Å². The van der Waals surface area contributed by atoms with E-state index in [0.717, 1.165) is 27.7 Å². The van der Waals surface area contributed by atoms with Crippen LogP contribution in [0.3, 0.4) is 0 Å². The minimum atomic E-state index is -0.240. The molecule has 0 spiro atoms. The largest absolute Gasteiger partial charge is 0.280 e. The SMILES string of the molecule is CC(C)(C)C1=NN(c2ccccc2)C(=O)C1=Cc1cccc2ccccc12. The predicted octanol–water partition coefficient (Wildman–Crippen LogP) is 5.67. The van der Waals surface area contributed by atoms with Crippen LogP contribution in [0, 0.1) is 5.41 Å². The molecule has 3 heteroatoms. The van der Waals surface area contributed by atoms with Gasteiger partial charge in [0.25, 0.3) is 5.91 Å². The van der Waals surface area contributed by atoms with Gasteiger partial charge in [0.1, 0.15) is 0 Å². The Hall–Kier alpha value is -3.20. The Balaban J connectivity index is 1.87. The first-order valence-corrected chi connectivity index (χ1v) is 9.13. The first kappa shape index (κ1) is 17.2. The molecule has 1 aliphatic rings. The third-order valence-corrected chi connectivity index (χ3v) is 4.71. The van der Waals surface area contributed by atoms with Gasteiger partial charge in [-0.25, -0.2) is 0 Å². The molecule has 3 aromatic rings. The molecular weight excluding hydrogens is 332 g/mol. The van der Waals surface area contributed by atoms with E-state index in [9.17, 15) is 4.79 Å². The third kappa shape index (κ3) is 3.17. The summed E-state index contributed by atoms with van der Waals surface area (Å²) in [5, 5.41) is 8.50. The van der Waals surface area contributed by atoms with Crippen molar-refractivity contribution in [2.45, 2.75) is 20.8 Å². The van der Waals surface area contributed by atoms with Gasteiger partial charge in [-0.1, -0.05) is 81.4 Å². The fourth-order valence-corrected chi connectivity index (χ4v) is 3.37. The van der Waals surface area contributed by atoms with Crippen LogP contribution in [0.25, 0.3) is 16.8 Å². The van der Waals surface area contributed by atoms with Gasteiger partial charge in [-0.05, 0) is 34.5 Å². The van der Waals surface area contributed by atoms with Gasteiger partial charge in [-0.3, -0.25) is 4.79 Å². The summed E-state index contributed by atoms with van der Waals surface area (Å²) in [6, 6.07) is 24.0. The van der Waals surface area contributed by atoms with Crippen LogP contribution < -0.4 is 5.01 Å². The van der Waals surface area contributed by atoms with E-state index < -0.39 is 0 Å². The lowest BCUT2D eigenvalue weighted by Gasteiger charge is -2.18. The third-order valence-electron chi connectivity index (χ3n) is 4.71. The highest BCUT2D eigenvalue weighted by atomic mass is 16.2. The Bertz CT molecular complexity index is 1070. The standard InChI is InChI=1S/C24H22N2O/c1-24(2,3)22-21(23(27)26(25-22)19-13-5-4-6-14-19)16-18-12-9-11-17-10-7-8-15-20(17)18/h4-16H,1-3H3. The lowest BCUT2D eigenvalue weighted by molar-refractivity contribution is -0.114. The van der Waals surface area contributed by atoms with Crippen molar-refractivity contribution < 1.29 is 4.79 Å². The molecule has 0 bridgehead atoms. The van der Waals surface area contributed by atoms with E-state index in [1.807, 2.05) is 60.7 Å². The fraction of sp³-hybridized carbons (Fsp3) is 0.167. The van der Waals surface area contributed by atoms with Crippen molar-refractivity contribution in [1.29, 1.82) is 0 Å². The Labute approximate surface area is 159 Å². The summed E-state index contributed by atoms with van der Waals surface area (Å²) < 4.78 is 0. The van der Waals surface area contributed by atoms with Crippen molar-refractivity contribution in [3.63, 3.8) is 0 Å². The van der Waals surface area contributed by atoms with E-state index in [1.54, 1.807) is 0 Å². The number of benzene rings is 3. The highest BCUT2D eigenvalue weighted by Gasteiger charge is 2.37. The number of hydrazone groups is 1. The molecular formula is C24H22N2O. The maximum Gasteiger partial charge on any atom is 0.280 e. The molecule has 0 aliphatic carbocycles. The summed E-state index contributed by atoms with van der Waals surface area (Å²) >= 11 is 0. The maximum atomic E-state index is 13.2. The molecule has 0 atom stereocenters. The van der Waals surface area contributed by atoms with E-state index in [4.69, 9.17) is 5.10 Å². The number of hydrogen-bond donors (Lipinski definition) is 0. The monoisotopic (exact) mass is 354 g/mol. The molecule has 27 heavy (non-hydrogen) atoms. The van der Waals surface area contributed by atoms with E-state index in [0.29, 0.717) is 5.57 Å². The Kier molecular flexibility index (Phi) is 4.15. The number of hydrogen-bond acceptors (Lipinski definition) is 2. The molecule has 1 heterocycles. The average Bonchev–Trinajstić information content (AvgIpc) is 3.00. The van der Waals surface area contributed by atoms with Crippen molar-refractivity contribution in [2.24, 2.45) is 10.5 Å². The Morgan fingerprint density at radius 2 is 1.52 bits per heavy atom. The molecule has 134 valence electrons. The molecule has 0 unspecified atom stereocenters. The summed E-state index contributed by atoms with van der Waals surface area (Å²) in [5.41, 5.74) is 3.04. The lowest BCUT2D eigenvalue weighted by atomic mass is 9.84. The van der Waals surface area contributed by atoms with Crippen molar-refractivity contribution in [2.75, 3.05) is 5.01 Å². The average molecular weight is 354 g/mol. The number of carbonyl (C=O) groups is 1. The molecule has 0 saturated carbocycles. The molecule has 0 N–H and O–H groups in total. The number of rotatable bonds is 2. The topological polar surface area (TPSA) is 32.7 Å². The molecule has 1 amide bonds. The lowest BCUT2D eigenvalue weighted by Crippen LogP contribution is -2.24. The Morgan fingerprint density at radius 1 is 0.852 bits per heavy atom. The molecule has 1 aliphatic heterocycles. The van der Waals surface area contributed by atoms with E-state index in [1.165, 1.54) is 5.01 Å². The first-order chi connectivity index (χ1) is 12.9. The molecule has 0 radical (unpaired) electrons. The molecule has 4 rings (SSSR count). The molecule has 0 fully saturated rings. The second kappa shape index (κ2) is 6.51. The summed E-state index contributed by atoms with van der Waals surface area (Å²) in [7, 11) is 0. The molecule has 3 nitrogen and oxygen atoms in total. The second-order valence-electron chi connectivity index (χ2n) is 7.78. The van der Waals surface area contributed by atoms with Crippen LogP contribution in [0.4, 0.5) is 5.69 Å². The van der Waals surface area contributed by atoms with E-state index >= 15 is 0 Å². The van der Waals surface area contributed by atoms with Gasteiger partial charge in [-0.15, -0.1) is 0 Å². The van der Waals surface area contributed by atoms with Crippen LogP contribution in [-0.2, 0) is 4.79 Å². The fourth-order valence-electron chi connectivity index (χ4n) is 3.37. The van der Waals surface area contributed by atoms with Gasteiger partial charge in [0, 0.05) is 5.41 Å². The zero-order chi connectivity index (χ0) is 19.0. The van der Waals surface area contributed by atoms with Crippen LogP contribution in [-0.4, -0.2) is 11.6 Å². The van der Waals surface area contributed by atoms with Gasteiger partial charge >= 0.3 is 0 Å². The molecule has 3 aromatic carbocycles. The zero-order valence-corrected chi connectivity index (χ0v) is 15.8. The molecule has 0 saturated heterocycles. The molecule has 0 aromatic heterocycles. The van der Waals surface area contributed by atoms with Crippen LogP contribution in [0.15, 0.2) is 83.5 Å². The number of para-hydroxylation sites is 1. The number of anilines is 1. The van der Waals surface area contributed by atoms with Gasteiger partial charge in [-0.2, -0.15) is 10.1 Å². The highest BCUT2D eigenvalue weighted by Crippen LogP contribution is 2.33. The highest BCUT2D eigenvalue weighted by molar-refractivity contribution is 6.34. The number of amides is 1. The quantitative estimate of drug-likeness (QED) is 0.546. The number of fused-ring (bicyclic) bond motifs is 1. The maximum absolute atomic E-state index is 13.2. The minimum absolute atomic E-state index is 0.0842. The van der Waals surface area contributed by atoms with Crippen molar-refractivity contribution in [3.8, 4) is 0 Å². The Morgan fingerprint density at radius 3 is 2.26 bits per heavy atom. The van der Waals surface area contributed by atoms with Crippen molar-refractivity contribution in [1.82, 2.24) is 0 Å². The van der Waals surface area contributed by atoms with Crippen LogP contribution in [0.2, 0.25) is 0 Å². The zero-order valence-electron chi connectivity index (χ0n) is 15.8. The van der Waals surface area contributed by atoms with Gasteiger partial charge < -0.3 is 0 Å². The van der Waals surface area contributed by atoms with Gasteiger partial charge in [0.15, 0.2) is 0 Å². The van der Waals surface area contributed by atoms with Crippen molar-refractivity contribution >= 4 is 34.2 Å². The predicted molar refractivity (Wildman–Crippen MR) is 113 cm³/mol. The minimum Gasteiger partial charge on any atom is -0.267 e. The summed E-state index contributed by atoms with van der Waals surface area (Å²) in [4.78, 5) is 13.2. The first-order valence-electron chi connectivity index (χ1n) is 9.13. The normalized spacial score (nSPS) is 16.3. The summed E-state index contributed by atoms with van der Waals surface area (Å²) in [5.74, 6) is -0.0842. The summed E-state index contributed by atoms with van der Waals surface area (Å²) in [6.45, 7) is 6.26. The van der Waals surface area contributed by atoms with E-state index in [2.05, 4.69) is 39.0 Å². The van der Waals surface area contributed by atoms with E-state index in [-0.39, 0.29) is 11.3 Å². The van der Waals surface area contributed by atoms with Crippen LogP contribution in [0.5, 0.6) is 0 Å². The number of nitrogens with zero attached hydrogens (tertiary/aromatic N) is 2.